The lowest BCUT2D eigenvalue weighted by Gasteiger charge is -2.28. The fourth-order valence-electron chi connectivity index (χ4n) is 4.16. The molecule has 0 amide bonds. The van der Waals surface area contributed by atoms with E-state index in [0.717, 1.165) is 0 Å². The molecule has 8 nitrogen and oxygen atoms in total. The van der Waals surface area contributed by atoms with E-state index in [1.807, 2.05) is 6.92 Å². The minimum Gasteiger partial charge on any atom is -0.458 e. The lowest BCUT2D eigenvalue weighted by atomic mass is 9.82. The number of aliphatic hydroxyl groups is 1. The number of allylic oxidation sites excluding steroid dienone is 1. The first-order valence-electron chi connectivity index (χ1n) is 9.20. The topological polar surface area (TPSA) is 115 Å². The van der Waals surface area contributed by atoms with Crippen molar-refractivity contribution in [1.29, 1.82) is 0 Å². The Morgan fingerprint density at radius 2 is 2.25 bits per heavy atom. The van der Waals surface area contributed by atoms with Crippen molar-refractivity contribution >= 4 is 18.2 Å². The van der Waals surface area contributed by atoms with Crippen molar-refractivity contribution in [1.82, 2.24) is 0 Å². The fourth-order valence-corrected chi connectivity index (χ4v) is 4.16. The molecular weight excluding hydrogens is 368 g/mol. The Bertz CT molecular complexity index is 811. The summed E-state index contributed by atoms with van der Waals surface area (Å²) in [5.74, 6) is -1.95. The summed E-state index contributed by atoms with van der Waals surface area (Å²) < 4.78 is 22.5. The number of aldehydes is 1. The minimum atomic E-state index is -0.801. The number of fused-ring (bicyclic) bond motifs is 4. The third-order valence-corrected chi connectivity index (χ3v) is 5.89. The highest BCUT2D eigenvalue weighted by atomic mass is 16.7. The van der Waals surface area contributed by atoms with Crippen molar-refractivity contribution in [3.8, 4) is 0 Å². The summed E-state index contributed by atoms with van der Waals surface area (Å²) >= 11 is 0. The van der Waals surface area contributed by atoms with Crippen LogP contribution < -0.4 is 0 Å². The van der Waals surface area contributed by atoms with Crippen molar-refractivity contribution in [3.05, 3.63) is 35.5 Å². The van der Waals surface area contributed by atoms with Gasteiger partial charge in [0.2, 0.25) is 0 Å². The van der Waals surface area contributed by atoms with Crippen LogP contribution in [0.2, 0.25) is 0 Å². The van der Waals surface area contributed by atoms with E-state index in [0.29, 0.717) is 18.3 Å². The first kappa shape index (κ1) is 19.0. The number of hydrogen-bond acceptors (Lipinski definition) is 8. The van der Waals surface area contributed by atoms with Gasteiger partial charge in [0.25, 0.3) is 0 Å². The van der Waals surface area contributed by atoms with Gasteiger partial charge in [-0.05, 0) is 19.9 Å². The maximum Gasteiger partial charge on any atom is 0.336 e. The second kappa shape index (κ2) is 6.65. The SMILES string of the molecule is C=C1C(=O)O[C@@H]2/C=C(\C=O)[C@@H]3O[C@@H]3[C@@H]3OC3(C)C[C@@H](OC(=O)/C(=C\C)CO)[C@@H]12. The van der Waals surface area contributed by atoms with Gasteiger partial charge in [-0.2, -0.15) is 0 Å². The number of ether oxygens (including phenoxy) is 4. The second-order valence-electron chi connectivity index (χ2n) is 7.70. The highest BCUT2D eigenvalue weighted by Gasteiger charge is 2.67. The van der Waals surface area contributed by atoms with Crippen LogP contribution in [0.5, 0.6) is 0 Å². The summed E-state index contributed by atoms with van der Waals surface area (Å²) in [7, 11) is 0. The van der Waals surface area contributed by atoms with Crippen molar-refractivity contribution in [3.63, 3.8) is 0 Å². The Kier molecular flexibility index (Phi) is 4.52. The predicted molar refractivity (Wildman–Crippen MR) is 93.9 cm³/mol. The number of carbonyl (C=O) groups is 3. The van der Waals surface area contributed by atoms with Gasteiger partial charge < -0.3 is 24.1 Å². The van der Waals surface area contributed by atoms with Gasteiger partial charge >= 0.3 is 11.9 Å². The highest BCUT2D eigenvalue weighted by molar-refractivity contribution is 5.92. The van der Waals surface area contributed by atoms with Gasteiger partial charge in [0.05, 0.1) is 23.7 Å². The molecule has 4 rings (SSSR count). The number of carbonyl (C=O) groups excluding carboxylic acids is 3. The van der Waals surface area contributed by atoms with E-state index in [4.69, 9.17) is 18.9 Å². The highest BCUT2D eigenvalue weighted by Crippen LogP contribution is 2.53. The van der Waals surface area contributed by atoms with Crippen LogP contribution in [-0.4, -0.2) is 66.1 Å². The molecule has 1 unspecified atom stereocenters. The molecule has 8 heteroatoms. The maximum atomic E-state index is 12.5. The van der Waals surface area contributed by atoms with Crippen molar-refractivity contribution in [2.45, 2.75) is 56.4 Å². The predicted octanol–water partition coefficient (Wildman–Crippen LogP) is 0.388. The molecule has 3 saturated heterocycles. The first-order chi connectivity index (χ1) is 13.3. The molecule has 0 spiro atoms. The first-order valence-corrected chi connectivity index (χ1v) is 9.20. The second-order valence-corrected chi connectivity index (χ2v) is 7.70. The van der Waals surface area contributed by atoms with Crippen molar-refractivity contribution in [2.75, 3.05) is 6.61 Å². The summed E-state index contributed by atoms with van der Waals surface area (Å²) in [5, 5.41) is 9.35. The van der Waals surface area contributed by atoms with Crippen LogP contribution in [-0.2, 0) is 33.3 Å². The third kappa shape index (κ3) is 3.01. The Balaban J connectivity index is 1.71. The van der Waals surface area contributed by atoms with Gasteiger partial charge in [-0.3, -0.25) is 4.79 Å². The maximum absolute atomic E-state index is 12.5. The summed E-state index contributed by atoms with van der Waals surface area (Å²) in [4.78, 5) is 36.2. The number of epoxide rings is 2. The lowest BCUT2D eigenvalue weighted by molar-refractivity contribution is -0.149. The molecule has 1 aliphatic carbocycles. The Morgan fingerprint density at radius 3 is 2.89 bits per heavy atom. The van der Waals surface area contributed by atoms with Gasteiger partial charge in [-0.25, -0.2) is 9.59 Å². The molecule has 150 valence electrons. The van der Waals surface area contributed by atoms with Crippen LogP contribution in [0.1, 0.15) is 20.3 Å². The molecule has 0 radical (unpaired) electrons. The number of hydrogen-bond donors (Lipinski definition) is 1. The minimum absolute atomic E-state index is 0.109. The van der Waals surface area contributed by atoms with E-state index in [1.54, 1.807) is 13.0 Å². The molecule has 0 aromatic carbocycles. The molecular formula is C20H22O8. The van der Waals surface area contributed by atoms with Crippen LogP contribution in [0.3, 0.4) is 0 Å². The molecule has 7 atom stereocenters. The fraction of sp³-hybridized carbons (Fsp3) is 0.550. The Labute approximate surface area is 161 Å². The normalized spacial score (nSPS) is 43.5. The van der Waals surface area contributed by atoms with Gasteiger partial charge in [0.1, 0.15) is 36.8 Å². The largest absolute Gasteiger partial charge is 0.458 e. The van der Waals surface area contributed by atoms with E-state index in [2.05, 4.69) is 6.58 Å². The Morgan fingerprint density at radius 1 is 1.50 bits per heavy atom. The van der Waals surface area contributed by atoms with E-state index in [-0.39, 0.29) is 29.5 Å². The summed E-state index contributed by atoms with van der Waals surface area (Å²) in [6.45, 7) is 6.84. The van der Waals surface area contributed by atoms with Crippen LogP contribution in [0.25, 0.3) is 0 Å². The van der Waals surface area contributed by atoms with E-state index < -0.39 is 42.3 Å². The molecule has 0 aromatic heterocycles. The average Bonchev–Trinajstić information content (AvgIpc) is 3.53. The molecule has 0 saturated carbocycles. The van der Waals surface area contributed by atoms with Crippen LogP contribution in [0, 0.1) is 5.92 Å². The molecule has 3 fully saturated rings. The smallest absolute Gasteiger partial charge is 0.336 e. The monoisotopic (exact) mass is 390 g/mol. The molecule has 28 heavy (non-hydrogen) atoms. The van der Waals surface area contributed by atoms with E-state index in [9.17, 15) is 19.5 Å². The van der Waals surface area contributed by atoms with Gasteiger partial charge in [-0.15, -0.1) is 0 Å². The van der Waals surface area contributed by atoms with Gasteiger partial charge in [0, 0.05) is 17.6 Å². The zero-order valence-electron chi connectivity index (χ0n) is 15.6. The lowest BCUT2D eigenvalue weighted by Crippen LogP contribution is -2.38. The summed E-state index contributed by atoms with van der Waals surface area (Å²) in [6, 6.07) is 0. The van der Waals surface area contributed by atoms with E-state index in [1.165, 1.54) is 6.08 Å². The molecule has 1 N–H and O–H groups in total. The molecule has 0 aromatic rings. The van der Waals surface area contributed by atoms with Crippen molar-refractivity contribution in [2.24, 2.45) is 5.92 Å². The molecule has 3 heterocycles. The van der Waals surface area contributed by atoms with Crippen LogP contribution >= 0.6 is 0 Å². The van der Waals surface area contributed by atoms with Crippen molar-refractivity contribution < 1.29 is 38.4 Å². The summed E-state index contributed by atoms with van der Waals surface area (Å²) in [6.07, 6.45) is 1.55. The number of rotatable bonds is 4. The van der Waals surface area contributed by atoms with Gasteiger partial charge in [0.15, 0.2) is 0 Å². The van der Waals surface area contributed by atoms with Crippen LogP contribution in [0.4, 0.5) is 0 Å². The standard InChI is InChI=1S/C20H22O8/c1-4-10(7-21)19(24)26-13-6-20(3)17(28-20)16-15(27-16)11(8-22)5-12-14(13)9(2)18(23)25-12/h4-5,8,12-17,21H,2,6-7H2,1,3H3/b10-4-,11-5+/t12-,13-,14+,15+,16+,17+,20?/m1/s1. The summed E-state index contributed by atoms with van der Waals surface area (Å²) in [5.41, 5.74) is 0.0287. The molecule has 4 aliphatic rings. The van der Waals surface area contributed by atoms with E-state index >= 15 is 0 Å². The number of esters is 2. The van der Waals surface area contributed by atoms with Gasteiger partial charge in [-0.1, -0.05) is 12.7 Å². The molecule has 0 bridgehead atoms. The van der Waals surface area contributed by atoms with Crippen LogP contribution in [0.15, 0.2) is 35.5 Å². The zero-order valence-corrected chi connectivity index (χ0v) is 15.6. The number of aliphatic hydroxyl groups excluding tert-OH is 1. The Hall–Kier alpha value is -2.29. The molecule has 3 aliphatic heterocycles. The average molecular weight is 390 g/mol. The quantitative estimate of drug-likeness (QED) is 0.317. The zero-order chi connectivity index (χ0) is 20.2. The third-order valence-electron chi connectivity index (χ3n) is 5.89.